The van der Waals surface area contributed by atoms with Gasteiger partial charge in [-0.25, -0.2) is 0 Å². The summed E-state index contributed by atoms with van der Waals surface area (Å²) in [5.41, 5.74) is 0.893. The monoisotopic (exact) mass is 262 g/mol. The molecule has 0 unspecified atom stereocenters. The lowest BCUT2D eigenvalue weighted by Gasteiger charge is -2.35. The van der Waals surface area contributed by atoms with Crippen LogP contribution in [0.25, 0.3) is 0 Å². The highest BCUT2D eigenvalue weighted by atomic mass is 16.2. The molecule has 0 aromatic carbocycles. The Morgan fingerprint density at radius 2 is 2.26 bits per heavy atom. The van der Waals surface area contributed by atoms with Crippen molar-refractivity contribution in [1.29, 1.82) is 0 Å². The van der Waals surface area contributed by atoms with E-state index in [-0.39, 0.29) is 23.7 Å². The molecular weight excluding hydrogens is 240 g/mol. The second kappa shape index (κ2) is 5.59. The molecule has 0 saturated carbocycles. The molecule has 1 aromatic heterocycles. The van der Waals surface area contributed by atoms with Gasteiger partial charge in [0.25, 0.3) is 0 Å². The molecular formula is C15H22N2O2. The molecule has 2 heterocycles. The van der Waals surface area contributed by atoms with E-state index in [4.69, 9.17) is 0 Å². The molecule has 1 amide bonds. The molecule has 4 heteroatoms. The minimum atomic E-state index is -0.263. The SMILES string of the molecule is CC1(C)CCN(C(=O)CCCc2ccc[nH]2)CC1=O. The third-order valence-electron chi connectivity index (χ3n) is 3.95. The average Bonchev–Trinajstić information content (AvgIpc) is 2.85. The van der Waals surface area contributed by atoms with Gasteiger partial charge < -0.3 is 9.88 Å². The van der Waals surface area contributed by atoms with Gasteiger partial charge in [0.1, 0.15) is 0 Å². The number of H-pyrrole nitrogens is 1. The lowest BCUT2D eigenvalue weighted by Crippen LogP contribution is -2.47. The van der Waals surface area contributed by atoms with Gasteiger partial charge in [0, 0.05) is 30.3 Å². The summed E-state index contributed by atoms with van der Waals surface area (Å²) < 4.78 is 0. The predicted molar refractivity (Wildman–Crippen MR) is 73.7 cm³/mol. The smallest absolute Gasteiger partial charge is 0.222 e. The Bertz CT molecular complexity index is 449. The lowest BCUT2D eigenvalue weighted by atomic mass is 9.81. The van der Waals surface area contributed by atoms with Crippen LogP contribution in [0.5, 0.6) is 0 Å². The van der Waals surface area contributed by atoms with Gasteiger partial charge in [-0.05, 0) is 31.4 Å². The Kier molecular flexibility index (Phi) is 4.08. The first kappa shape index (κ1) is 13.8. The zero-order valence-corrected chi connectivity index (χ0v) is 11.7. The van der Waals surface area contributed by atoms with Crippen LogP contribution in [0.15, 0.2) is 18.3 Å². The number of likely N-dealkylation sites (tertiary alicyclic amines) is 1. The number of hydrogen-bond acceptors (Lipinski definition) is 2. The molecule has 0 aliphatic carbocycles. The van der Waals surface area contributed by atoms with Gasteiger partial charge in [0.2, 0.25) is 5.91 Å². The summed E-state index contributed by atoms with van der Waals surface area (Å²) in [7, 11) is 0. The van der Waals surface area contributed by atoms with Crippen molar-refractivity contribution in [3.8, 4) is 0 Å². The summed E-state index contributed by atoms with van der Waals surface area (Å²) >= 11 is 0. The summed E-state index contributed by atoms with van der Waals surface area (Å²) in [6.45, 7) is 4.92. The standard InChI is InChI=1S/C15H22N2O2/c1-15(2)8-10-17(11-13(15)18)14(19)7-3-5-12-6-4-9-16-12/h4,6,9,16H,3,5,7-8,10-11H2,1-2H3. The highest BCUT2D eigenvalue weighted by molar-refractivity contribution is 5.90. The number of amides is 1. The fourth-order valence-corrected chi connectivity index (χ4v) is 2.34. The third kappa shape index (κ3) is 3.46. The Labute approximate surface area is 114 Å². The number of carbonyl (C=O) groups is 2. The normalized spacial score (nSPS) is 18.6. The van der Waals surface area contributed by atoms with E-state index in [1.807, 2.05) is 32.2 Å². The fourth-order valence-electron chi connectivity index (χ4n) is 2.34. The van der Waals surface area contributed by atoms with Crippen molar-refractivity contribution in [2.45, 2.75) is 39.5 Å². The molecule has 0 atom stereocenters. The van der Waals surface area contributed by atoms with Crippen molar-refractivity contribution >= 4 is 11.7 Å². The number of aromatic amines is 1. The number of nitrogens with one attached hydrogen (secondary N) is 1. The average molecular weight is 262 g/mol. The number of hydrogen-bond donors (Lipinski definition) is 1. The van der Waals surface area contributed by atoms with E-state index >= 15 is 0 Å². The van der Waals surface area contributed by atoms with E-state index in [1.54, 1.807) is 4.90 Å². The number of aryl methyl sites for hydroxylation is 1. The molecule has 2 rings (SSSR count). The number of ketones is 1. The van der Waals surface area contributed by atoms with Crippen molar-refractivity contribution in [3.63, 3.8) is 0 Å². The van der Waals surface area contributed by atoms with E-state index in [1.165, 1.54) is 0 Å². The maximum absolute atomic E-state index is 12.0. The topological polar surface area (TPSA) is 53.2 Å². The van der Waals surface area contributed by atoms with Gasteiger partial charge in [0.15, 0.2) is 5.78 Å². The molecule has 1 aromatic rings. The van der Waals surface area contributed by atoms with E-state index in [0.29, 0.717) is 13.0 Å². The molecule has 19 heavy (non-hydrogen) atoms. The Hall–Kier alpha value is -1.58. The van der Waals surface area contributed by atoms with Crippen molar-refractivity contribution in [3.05, 3.63) is 24.0 Å². The maximum atomic E-state index is 12.0. The first-order valence-electron chi connectivity index (χ1n) is 6.92. The van der Waals surface area contributed by atoms with Crippen molar-refractivity contribution in [1.82, 2.24) is 9.88 Å². The number of nitrogens with zero attached hydrogens (tertiary/aromatic N) is 1. The first-order chi connectivity index (χ1) is 8.99. The highest BCUT2D eigenvalue weighted by Gasteiger charge is 2.35. The summed E-state index contributed by atoms with van der Waals surface area (Å²) in [4.78, 5) is 28.8. The minimum Gasteiger partial charge on any atom is -0.365 e. The van der Waals surface area contributed by atoms with Crippen LogP contribution in [0, 0.1) is 5.41 Å². The van der Waals surface area contributed by atoms with Gasteiger partial charge in [0.05, 0.1) is 6.54 Å². The van der Waals surface area contributed by atoms with Crippen LogP contribution in [0.1, 0.15) is 38.8 Å². The predicted octanol–water partition coefficient (Wildman–Crippen LogP) is 2.17. The highest BCUT2D eigenvalue weighted by Crippen LogP contribution is 2.27. The second-order valence-electron chi connectivity index (χ2n) is 5.92. The zero-order valence-electron chi connectivity index (χ0n) is 11.7. The number of Topliss-reactive ketones (excluding diaryl/α,β-unsaturated/α-hetero) is 1. The Balaban J connectivity index is 1.76. The van der Waals surface area contributed by atoms with Gasteiger partial charge in [-0.1, -0.05) is 13.8 Å². The van der Waals surface area contributed by atoms with Gasteiger partial charge >= 0.3 is 0 Å². The second-order valence-corrected chi connectivity index (χ2v) is 5.92. The molecule has 1 fully saturated rings. The van der Waals surface area contributed by atoms with Crippen LogP contribution in [0.2, 0.25) is 0 Å². The number of piperidine rings is 1. The van der Waals surface area contributed by atoms with Crippen LogP contribution >= 0.6 is 0 Å². The Morgan fingerprint density at radius 3 is 2.89 bits per heavy atom. The van der Waals surface area contributed by atoms with E-state index in [2.05, 4.69) is 4.98 Å². The number of carbonyl (C=O) groups excluding carboxylic acids is 2. The summed E-state index contributed by atoms with van der Waals surface area (Å²) in [5.74, 6) is 0.284. The molecule has 1 aliphatic rings. The van der Waals surface area contributed by atoms with Gasteiger partial charge in [-0.15, -0.1) is 0 Å². The molecule has 0 radical (unpaired) electrons. The summed E-state index contributed by atoms with van der Waals surface area (Å²) in [5, 5.41) is 0. The van der Waals surface area contributed by atoms with Crippen molar-refractivity contribution in [2.75, 3.05) is 13.1 Å². The molecule has 1 aliphatic heterocycles. The zero-order chi connectivity index (χ0) is 13.9. The van der Waals surface area contributed by atoms with Crippen molar-refractivity contribution < 1.29 is 9.59 Å². The van der Waals surface area contributed by atoms with Crippen LogP contribution in [-0.2, 0) is 16.0 Å². The van der Waals surface area contributed by atoms with Gasteiger partial charge in [-0.2, -0.15) is 0 Å². The molecule has 104 valence electrons. The Morgan fingerprint density at radius 1 is 1.47 bits per heavy atom. The van der Waals surface area contributed by atoms with Crippen LogP contribution in [-0.4, -0.2) is 34.7 Å². The summed E-state index contributed by atoms with van der Waals surface area (Å²) in [6.07, 6.45) is 4.89. The van der Waals surface area contributed by atoms with E-state index in [9.17, 15) is 9.59 Å². The molecule has 1 saturated heterocycles. The van der Waals surface area contributed by atoms with Gasteiger partial charge in [-0.3, -0.25) is 9.59 Å². The third-order valence-corrected chi connectivity index (χ3v) is 3.95. The van der Waals surface area contributed by atoms with E-state index < -0.39 is 0 Å². The molecule has 0 bridgehead atoms. The van der Waals surface area contributed by atoms with Crippen molar-refractivity contribution in [2.24, 2.45) is 5.41 Å². The summed E-state index contributed by atoms with van der Waals surface area (Å²) in [6, 6.07) is 3.99. The van der Waals surface area contributed by atoms with Crippen LogP contribution in [0.3, 0.4) is 0 Å². The quantitative estimate of drug-likeness (QED) is 0.904. The maximum Gasteiger partial charge on any atom is 0.222 e. The lowest BCUT2D eigenvalue weighted by molar-refractivity contribution is -0.142. The number of aromatic nitrogens is 1. The van der Waals surface area contributed by atoms with E-state index in [0.717, 1.165) is 25.0 Å². The first-order valence-corrected chi connectivity index (χ1v) is 6.92. The molecule has 0 spiro atoms. The largest absolute Gasteiger partial charge is 0.365 e. The van der Waals surface area contributed by atoms with Crippen LogP contribution < -0.4 is 0 Å². The van der Waals surface area contributed by atoms with Crippen LogP contribution in [0.4, 0.5) is 0 Å². The molecule has 1 N–H and O–H groups in total. The fraction of sp³-hybridized carbons (Fsp3) is 0.600. The minimum absolute atomic E-state index is 0.107. The molecule has 4 nitrogen and oxygen atoms in total. The number of rotatable bonds is 4.